The van der Waals surface area contributed by atoms with E-state index < -0.39 is 42.5 Å². The molecule has 23 heteroatoms. The van der Waals surface area contributed by atoms with Gasteiger partial charge in [-0.25, -0.2) is 19.4 Å². The van der Waals surface area contributed by atoms with Crippen LogP contribution in [0.5, 0.6) is 0 Å². The number of nitrogens with zero attached hydrogens (tertiary/aromatic N) is 3. The molecule has 0 bridgehead atoms. The van der Waals surface area contributed by atoms with E-state index in [4.69, 9.17) is 51.1 Å². The summed E-state index contributed by atoms with van der Waals surface area (Å²) in [6.45, 7) is 3.64. The van der Waals surface area contributed by atoms with E-state index in [1.165, 1.54) is 0 Å². The number of halogens is 10. The first kappa shape index (κ1) is 43.3. The Hall–Kier alpha value is -3.73. The lowest BCUT2D eigenvalue weighted by Crippen LogP contribution is -2.50. The second kappa shape index (κ2) is 19.8. The highest BCUT2D eigenvalue weighted by atomic mass is 35.5. The van der Waals surface area contributed by atoms with Gasteiger partial charge in [0.15, 0.2) is 0 Å². The van der Waals surface area contributed by atoms with Crippen LogP contribution in [0.25, 0.3) is 0 Å². The van der Waals surface area contributed by atoms with Crippen LogP contribution >= 0.6 is 22.9 Å². The molecule has 3 rings (SSSR count). The van der Waals surface area contributed by atoms with Crippen LogP contribution in [-0.4, -0.2) is 123 Å². The molecule has 2 aromatic heterocycles. The van der Waals surface area contributed by atoms with E-state index in [1.54, 1.807) is 17.5 Å². The topological polar surface area (TPSA) is 178 Å². The maximum atomic E-state index is 12.5. The average molecular weight is 738 g/mol. The number of aromatic nitrogens is 1. The highest BCUT2D eigenvalue weighted by molar-refractivity contribution is 7.10. The van der Waals surface area contributed by atoms with Gasteiger partial charge in [0.2, 0.25) is 5.91 Å². The maximum Gasteiger partial charge on any atom is 0.490 e. The van der Waals surface area contributed by atoms with Crippen LogP contribution in [0.15, 0.2) is 35.8 Å². The normalized spacial score (nSPS) is 14.2. The van der Waals surface area contributed by atoms with Gasteiger partial charge in [0.25, 0.3) is 0 Å². The molecule has 0 aromatic carbocycles. The Kier molecular flexibility index (Phi) is 18.2. The molecule has 0 aliphatic carbocycles. The number of carbonyl (C=O) groups excluding carboxylic acids is 1. The third-order valence-corrected chi connectivity index (χ3v) is 6.35. The summed E-state index contributed by atoms with van der Waals surface area (Å²) >= 11 is 7.80. The number of pyridine rings is 1. The zero-order valence-corrected chi connectivity index (χ0v) is 24.9. The number of aliphatic hydroxyl groups excluding tert-OH is 1. The minimum absolute atomic E-state index is 0.00616. The third-order valence-electron chi connectivity index (χ3n) is 5.11. The summed E-state index contributed by atoms with van der Waals surface area (Å²) < 4.78 is 101. The largest absolute Gasteiger partial charge is 0.490 e. The van der Waals surface area contributed by atoms with Crippen LogP contribution in [0.2, 0.25) is 5.15 Å². The van der Waals surface area contributed by atoms with Crippen molar-refractivity contribution in [3.05, 3.63) is 51.4 Å². The number of aliphatic carboxylic acids is 3. The van der Waals surface area contributed by atoms with Gasteiger partial charge in [-0.15, -0.1) is 11.3 Å². The van der Waals surface area contributed by atoms with Gasteiger partial charge in [0, 0.05) is 49.4 Å². The number of alkyl halides is 9. The van der Waals surface area contributed by atoms with Crippen molar-refractivity contribution in [1.82, 2.24) is 14.8 Å². The molecule has 1 aliphatic heterocycles. The number of rotatable bonds is 7. The molecule has 3 heterocycles. The van der Waals surface area contributed by atoms with Gasteiger partial charge in [-0.3, -0.25) is 9.69 Å². The molecule has 1 saturated heterocycles. The Morgan fingerprint density at radius 2 is 1.32 bits per heavy atom. The Labute approximate surface area is 267 Å². The highest BCUT2D eigenvalue weighted by Gasteiger charge is 2.39. The number of ether oxygens (including phenoxy) is 1. The van der Waals surface area contributed by atoms with Gasteiger partial charge < -0.3 is 30.1 Å². The minimum atomic E-state index is -5.08. The molecule has 4 N–H and O–H groups in total. The van der Waals surface area contributed by atoms with Crippen LogP contribution in [0.3, 0.4) is 0 Å². The van der Waals surface area contributed by atoms with Crippen LogP contribution in [0, 0.1) is 0 Å². The van der Waals surface area contributed by atoms with E-state index in [9.17, 15) is 44.3 Å². The predicted octanol–water partition coefficient (Wildman–Crippen LogP) is 3.94. The van der Waals surface area contributed by atoms with Crippen molar-refractivity contribution in [3.63, 3.8) is 0 Å². The molecule has 0 saturated carbocycles. The van der Waals surface area contributed by atoms with E-state index in [0.717, 1.165) is 23.5 Å². The number of hydrogen-bond acceptors (Lipinski definition) is 9. The number of amides is 1. The van der Waals surface area contributed by atoms with Crippen molar-refractivity contribution in [2.24, 2.45) is 0 Å². The van der Waals surface area contributed by atoms with Crippen molar-refractivity contribution in [3.8, 4) is 0 Å². The Bertz CT molecular complexity index is 1220. The van der Waals surface area contributed by atoms with Crippen LogP contribution < -0.4 is 0 Å². The summed E-state index contributed by atoms with van der Waals surface area (Å²) in [6.07, 6.45) is -14.0. The Morgan fingerprint density at radius 3 is 1.68 bits per heavy atom. The molecular formula is C24H25ClF9N3O9S. The summed E-state index contributed by atoms with van der Waals surface area (Å²) in [5.41, 5.74) is 0.761. The van der Waals surface area contributed by atoms with Crippen molar-refractivity contribution in [1.29, 1.82) is 0 Å². The monoisotopic (exact) mass is 737 g/mol. The van der Waals surface area contributed by atoms with Crippen molar-refractivity contribution < 1.29 is 83.9 Å². The molecule has 1 fully saturated rings. The fourth-order valence-electron chi connectivity index (χ4n) is 2.97. The molecule has 0 spiro atoms. The van der Waals surface area contributed by atoms with Gasteiger partial charge in [0.1, 0.15) is 17.9 Å². The second-order valence-corrected chi connectivity index (χ2v) is 9.78. The molecule has 2 aromatic rings. The molecule has 0 radical (unpaired) electrons. The van der Waals surface area contributed by atoms with Gasteiger partial charge in [0.05, 0.1) is 6.61 Å². The predicted molar refractivity (Wildman–Crippen MR) is 143 cm³/mol. The average Bonchev–Trinajstić information content (AvgIpc) is 3.49. The molecule has 1 aliphatic rings. The smallest absolute Gasteiger partial charge is 0.475 e. The fraction of sp³-hybridized carbons (Fsp3) is 0.458. The van der Waals surface area contributed by atoms with Crippen molar-refractivity contribution >= 4 is 46.8 Å². The number of β-amino-alcohol motifs (C(OH)–C–C–N with tert-alkyl or cyclic N) is 1. The van der Waals surface area contributed by atoms with E-state index in [1.807, 2.05) is 34.5 Å². The Balaban J connectivity index is 0.000000820. The lowest BCUT2D eigenvalue weighted by Gasteiger charge is -2.34. The number of piperazine rings is 1. The van der Waals surface area contributed by atoms with Crippen LogP contribution in [-0.2, 0) is 23.9 Å². The second-order valence-electron chi connectivity index (χ2n) is 8.44. The molecule has 12 nitrogen and oxygen atoms in total. The molecule has 47 heavy (non-hydrogen) atoms. The van der Waals surface area contributed by atoms with Crippen LogP contribution in [0.4, 0.5) is 39.5 Å². The number of thiophene rings is 1. The SMILES string of the molecule is O=C(COC(c1cccs1)c1cccnc1Cl)N1CCN(CCO)CC1.O=C(O)C(F)(F)F.O=C(O)C(F)(F)F.O=C(O)C(F)(F)F. The van der Waals surface area contributed by atoms with E-state index >= 15 is 0 Å². The first-order valence-electron chi connectivity index (χ1n) is 12.3. The van der Waals surface area contributed by atoms with Gasteiger partial charge in [-0.1, -0.05) is 23.7 Å². The number of carboxylic acids is 3. The van der Waals surface area contributed by atoms with Crippen molar-refractivity contribution in [2.45, 2.75) is 24.6 Å². The molecule has 1 amide bonds. The zero-order valence-electron chi connectivity index (χ0n) is 23.4. The molecular weight excluding hydrogens is 713 g/mol. The lowest BCUT2D eigenvalue weighted by atomic mass is 10.1. The quantitative estimate of drug-likeness (QED) is 0.239. The minimum Gasteiger partial charge on any atom is -0.475 e. The lowest BCUT2D eigenvalue weighted by molar-refractivity contribution is -0.193. The first-order chi connectivity index (χ1) is 21.5. The summed E-state index contributed by atoms with van der Waals surface area (Å²) in [7, 11) is 0. The van der Waals surface area contributed by atoms with Crippen LogP contribution in [0.1, 0.15) is 16.5 Å². The maximum absolute atomic E-state index is 12.5. The molecule has 1 unspecified atom stereocenters. The summed E-state index contributed by atoms with van der Waals surface area (Å²) in [4.78, 5) is 48.3. The summed E-state index contributed by atoms with van der Waals surface area (Å²) in [5, 5.41) is 32.7. The standard InChI is InChI=1S/C18H22ClN3O3S.3C2HF3O2/c19-18-14(3-1-5-20-18)17(15-4-2-12-26-15)25-13-16(24)22-8-6-21(7-9-22)10-11-23;3*3-2(4,5)1(6)7/h1-5,12,17,23H,6-11,13H2;3*(H,6,7). The van der Waals surface area contributed by atoms with Gasteiger partial charge in [-0.05, 0) is 17.5 Å². The van der Waals surface area contributed by atoms with E-state index in [2.05, 4.69) is 9.88 Å². The first-order valence-corrected chi connectivity index (χ1v) is 13.5. The number of carbonyl (C=O) groups is 4. The number of carboxylic acid groups (broad SMARTS) is 3. The van der Waals surface area contributed by atoms with Crippen molar-refractivity contribution in [2.75, 3.05) is 45.9 Å². The number of hydrogen-bond donors (Lipinski definition) is 4. The fourth-order valence-corrected chi connectivity index (χ4v) is 3.98. The third kappa shape index (κ3) is 17.7. The van der Waals surface area contributed by atoms with E-state index in [0.29, 0.717) is 24.8 Å². The van der Waals surface area contributed by atoms with Gasteiger partial charge in [-0.2, -0.15) is 39.5 Å². The van der Waals surface area contributed by atoms with E-state index in [-0.39, 0.29) is 19.1 Å². The summed E-state index contributed by atoms with van der Waals surface area (Å²) in [6, 6.07) is 7.60. The molecule has 1 atom stereocenters. The van der Waals surface area contributed by atoms with Gasteiger partial charge >= 0.3 is 36.4 Å². The zero-order chi connectivity index (χ0) is 36.6. The molecule has 266 valence electrons. The highest BCUT2D eigenvalue weighted by Crippen LogP contribution is 2.32. The summed E-state index contributed by atoms with van der Waals surface area (Å²) in [5.74, 6) is -8.30. The Morgan fingerprint density at radius 1 is 0.851 bits per heavy atom. The number of aliphatic hydroxyl groups is 1.